The van der Waals surface area contributed by atoms with Gasteiger partial charge in [-0.2, -0.15) is 12.8 Å². The molecule has 0 radical (unpaired) electrons. The second-order valence-corrected chi connectivity index (χ2v) is 1.84. The summed E-state index contributed by atoms with van der Waals surface area (Å²) in [7, 11) is 0. The Balaban J connectivity index is 0.000000490. The van der Waals surface area contributed by atoms with Crippen LogP contribution in [-0.2, 0) is 19.5 Å². The van der Waals surface area contributed by atoms with E-state index in [1.807, 2.05) is 0 Å². The molecule has 0 saturated heterocycles. The minimum absolute atomic E-state index is 0. The molecule has 0 atom stereocenters. The van der Waals surface area contributed by atoms with Crippen LogP contribution in [-0.4, -0.2) is 0 Å². The van der Waals surface area contributed by atoms with Gasteiger partial charge in [0.05, 0.1) is 0 Å². The van der Waals surface area contributed by atoms with E-state index >= 15 is 0 Å². The van der Waals surface area contributed by atoms with E-state index < -0.39 is 0 Å². The van der Waals surface area contributed by atoms with Crippen molar-refractivity contribution in [2.75, 3.05) is 0 Å². The van der Waals surface area contributed by atoms with Gasteiger partial charge in [-0.1, -0.05) is 6.08 Å². The van der Waals surface area contributed by atoms with Crippen LogP contribution in [0.5, 0.6) is 0 Å². The summed E-state index contributed by atoms with van der Waals surface area (Å²) in [4.78, 5) is 0. The molecule has 0 aromatic rings. The van der Waals surface area contributed by atoms with E-state index in [0.717, 1.165) is 18.5 Å². The normalized spacial score (nSPS) is 18.8. The van der Waals surface area contributed by atoms with E-state index in [9.17, 15) is 0 Å². The zero-order valence-corrected chi connectivity index (χ0v) is 8.03. The number of hydrogen-bond acceptors (Lipinski definition) is 1. The van der Waals surface area contributed by atoms with Gasteiger partial charge in [0.25, 0.3) is 0 Å². The molecule has 42 valence electrons. The van der Waals surface area contributed by atoms with Crippen LogP contribution in [0.25, 0.3) is 0 Å². The maximum Gasteiger partial charge on any atom is 0 e. The Hall–Kier alpha value is 0.163. The quantitative estimate of drug-likeness (QED) is 0.420. The third-order valence-corrected chi connectivity index (χ3v) is 1.18. The van der Waals surface area contributed by atoms with E-state index in [4.69, 9.17) is 5.73 Å². The summed E-state index contributed by atoms with van der Waals surface area (Å²) in [6.45, 7) is 0. The van der Waals surface area contributed by atoms with Crippen LogP contribution in [0.4, 0.5) is 0 Å². The molecule has 0 amide bonds. The van der Waals surface area contributed by atoms with Crippen LogP contribution in [0.15, 0.2) is 11.8 Å². The monoisotopic (exact) mass is 160 g/mol. The Morgan fingerprint density at radius 1 is 1.62 bits per heavy atom. The molecule has 0 unspecified atom stereocenters. The number of allylic oxidation sites excluding steroid dienone is 2. The molecule has 2 heteroatoms. The van der Waals surface area contributed by atoms with E-state index in [-0.39, 0.29) is 19.5 Å². The van der Waals surface area contributed by atoms with Gasteiger partial charge in [0.2, 0.25) is 0 Å². The largest absolute Gasteiger partial charge is 0.402 e. The topological polar surface area (TPSA) is 26.0 Å². The first kappa shape index (κ1) is 8.16. The summed E-state index contributed by atoms with van der Waals surface area (Å²) < 4.78 is 0. The summed E-state index contributed by atoms with van der Waals surface area (Å²) in [6, 6.07) is 0. The smallest absolute Gasteiger partial charge is 0 e. The van der Waals surface area contributed by atoms with Crippen LogP contribution in [0.2, 0.25) is 0 Å². The number of rotatable bonds is 0. The molecular formula is C6H10NZn-. The first-order chi connectivity index (χ1) is 3.39. The minimum Gasteiger partial charge on any atom is -0.402 e. The SMILES string of the molecule is NC1=CC[CH-]CC1.[Zn]. The summed E-state index contributed by atoms with van der Waals surface area (Å²) in [6.07, 6.45) is 7.63. The second kappa shape index (κ2) is 4.08. The molecule has 0 heterocycles. The molecule has 0 saturated carbocycles. The fourth-order valence-corrected chi connectivity index (χ4v) is 0.723. The average Bonchev–Trinajstić information content (AvgIpc) is 1.69. The van der Waals surface area contributed by atoms with E-state index in [1.165, 1.54) is 6.42 Å². The van der Waals surface area contributed by atoms with Crippen LogP contribution in [0.1, 0.15) is 19.3 Å². The van der Waals surface area contributed by atoms with Crippen molar-refractivity contribution in [3.63, 3.8) is 0 Å². The molecule has 1 rings (SSSR count). The van der Waals surface area contributed by atoms with E-state index in [0.29, 0.717) is 0 Å². The number of nitrogens with two attached hydrogens (primary N) is 1. The summed E-state index contributed by atoms with van der Waals surface area (Å²) in [5, 5.41) is 0. The minimum atomic E-state index is 0. The van der Waals surface area contributed by atoms with Gasteiger partial charge in [0.15, 0.2) is 0 Å². The molecule has 1 nitrogen and oxygen atoms in total. The third-order valence-electron chi connectivity index (χ3n) is 1.18. The molecule has 1 aliphatic carbocycles. The zero-order valence-electron chi connectivity index (χ0n) is 5.06. The maximum absolute atomic E-state index is 5.48. The predicted molar refractivity (Wildman–Crippen MR) is 30.4 cm³/mol. The van der Waals surface area contributed by atoms with Crippen LogP contribution < -0.4 is 5.73 Å². The Morgan fingerprint density at radius 3 is 2.62 bits per heavy atom. The zero-order chi connectivity index (χ0) is 5.11. The van der Waals surface area contributed by atoms with Gasteiger partial charge in [-0.3, -0.25) is 0 Å². The van der Waals surface area contributed by atoms with Gasteiger partial charge in [-0.15, -0.1) is 0 Å². The van der Waals surface area contributed by atoms with Gasteiger partial charge in [0, 0.05) is 19.5 Å². The summed E-state index contributed by atoms with van der Waals surface area (Å²) in [5.41, 5.74) is 6.53. The maximum atomic E-state index is 5.48. The molecule has 0 aromatic heterocycles. The van der Waals surface area contributed by atoms with E-state index in [2.05, 4.69) is 12.5 Å². The van der Waals surface area contributed by atoms with E-state index in [1.54, 1.807) is 0 Å². The van der Waals surface area contributed by atoms with Crippen LogP contribution in [0.3, 0.4) is 0 Å². The van der Waals surface area contributed by atoms with Gasteiger partial charge in [-0.25, -0.2) is 0 Å². The molecule has 1 aliphatic rings. The van der Waals surface area contributed by atoms with Crippen molar-refractivity contribution in [3.05, 3.63) is 18.2 Å². The van der Waals surface area contributed by atoms with Gasteiger partial charge < -0.3 is 12.2 Å². The predicted octanol–water partition coefficient (Wildman–Crippen LogP) is 1.21. The van der Waals surface area contributed by atoms with Crippen molar-refractivity contribution < 1.29 is 19.5 Å². The van der Waals surface area contributed by atoms with Gasteiger partial charge in [0.1, 0.15) is 0 Å². The molecule has 0 aliphatic heterocycles. The van der Waals surface area contributed by atoms with Gasteiger partial charge in [-0.05, 0) is 12.1 Å². The van der Waals surface area contributed by atoms with Crippen molar-refractivity contribution in [3.8, 4) is 0 Å². The molecule has 8 heavy (non-hydrogen) atoms. The van der Waals surface area contributed by atoms with Crippen LogP contribution in [0, 0.1) is 6.42 Å². The molecule has 0 spiro atoms. The fraction of sp³-hybridized carbons (Fsp3) is 0.500. The average molecular weight is 162 g/mol. The van der Waals surface area contributed by atoms with Crippen molar-refractivity contribution in [2.24, 2.45) is 5.73 Å². The Morgan fingerprint density at radius 2 is 2.38 bits per heavy atom. The second-order valence-electron chi connectivity index (χ2n) is 1.84. The molecule has 0 bridgehead atoms. The molecular weight excluding hydrogens is 151 g/mol. The van der Waals surface area contributed by atoms with Crippen molar-refractivity contribution in [1.29, 1.82) is 0 Å². The van der Waals surface area contributed by atoms with Crippen LogP contribution >= 0.6 is 0 Å². The molecule has 0 fully saturated rings. The first-order valence-electron chi connectivity index (χ1n) is 2.66. The standard InChI is InChI=1S/C6H10N.Zn/c7-6-4-2-1-3-5-6;/h1,4H,2-3,5,7H2;/q-1;. The molecule has 0 aromatic carbocycles. The van der Waals surface area contributed by atoms with Crippen molar-refractivity contribution >= 4 is 0 Å². The summed E-state index contributed by atoms with van der Waals surface area (Å²) in [5.74, 6) is 0. The summed E-state index contributed by atoms with van der Waals surface area (Å²) >= 11 is 0. The first-order valence-corrected chi connectivity index (χ1v) is 2.66. The number of hydrogen-bond donors (Lipinski definition) is 1. The Bertz CT molecular complexity index is 88.5. The van der Waals surface area contributed by atoms with Gasteiger partial charge >= 0.3 is 0 Å². The fourth-order valence-electron chi connectivity index (χ4n) is 0.723. The Kier molecular flexibility index (Phi) is 4.17. The van der Waals surface area contributed by atoms with Crippen molar-refractivity contribution in [1.82, 2.24) is 0 Å². The molecule has 2 N–H and O–H groups in total. The Labute approximate surface area is 63.1 Å². The van der Waals surface area contributed by atoms with Crippen molar-refractivity contribution in [2.45, 2.75) is 19.3 Å². The third kappa shape index (κ3) is 2.47.